The second-order valence-electron chi connectivity index (χ2n) is 12.3. The molecule has 2 rings (SSSR count). The monoisotopic (exact) mass is 565 g/mol. The maximum absolute atomic E-state index is 12.5. The first kappa shape index (κ1) is 33.5. The van der Waals surface area contributed by atoms with E-state index in [9.17, 15) is 29.1 Å². The van der Waals surface area contributed by atoms with E-state index in [0.29, 0.717) is 65.1 Å². The van der Waals surface area contributed by atoms with Crippen molar-refractivity contribution in [2.45, 2.75) is 97.5 Å². The van der Waals surface area contributed by atoms with Crippen LogP contribution in [-0.4, -0.2) is 108 Å². The van der Waals surface area contributed by atoms with E-state index in [1.807, 2.05) is 20.8 Å². The largest absolute Gasteiger partial charge is 0.391 e. The molecule has 11 heteroatoms. The van der Waals surface area contributed by atoms with Crippen LogP contribution in [0.25, 0.3) is 0 Å². The topological polar surface area (TPSA) is 139 Å². The number of hydrogen-bond donors (Lipinski definition) is 3. The quantitative estimate of drug-likeness (QED) is 0.203. The van der Waals surface area contributed by atoms with E-state index < -0.39 is 6.10 Å². The summed E-state index contributed by atoms with van der Waals surface area (Å²) in [4.78, 5) is 65.9. The number of aliphatic hydroxyl groups is 1. The minimum Gasteiger partial charge on any atom is -0.391 e. The summed E-state index contributed by atoms with van der Waals surface area (Å²) in [5.41, 5.74) is -0.0631. The molecule has 0 saturated carbocycles. The van der Waals surface area contributed by atoms with Crippen LogP contribution in [-0.2, 0) is 24.0 Å². The summed E-state index contributed by atoms with van der Waals surface area (Å²) in [6, 6.07) is 0. The Hall–Kier alpha value is -2.69. The molecule has 228 valence electrons. The van der Waals surface area contributed by atoms with Crippen LogP contribution < -0.4 is 10.6 Å². The van der Waals surface area contributed by atoms with Gasteiger partial charge in [0.05, 0.1) is 12.6 Å². The van der Waals surface area contributed by atoms with Gasteiger partial charge in [-0.05, 0) is 24.7 Å². The first-order valence-corrected chi connectivity index (χ1v) is 15.0. The number of piperazine rings is 1. The van der Waals surface area contributed by atoms with Gasteiger partial charge in [-0.3, -0.25) is 24.0 Å². The summed E-state index contributed by atoms with van der Waals surface area (Å²) < 4.78 is 0. The molecule has 0 unspecified atom stereocenters. The lowest BCUT2D eigenvalue weighted by molar-refractivity contribution is -0.142. The third-order valence-corrected chi connectivity index (χ3v) is 7.33. The third kappa shape index (κ3) is 13.6. The molecule has 0 bridgehead atoms. The molecular weight excluding hydrogens is 514 g/mol. The standard InChI is InChI=1S/C29H51N5O6/c1-29(2,3)20-27(39)33-17-15-32(16-18-33)26(38)19-25(37)30-13-10-8-6-4-5-7-9-11-24(36)31-21-28(40)34-14-12-23(35)22-34/h23,35H,4-22H2,1-3H3,(H,30,37)(H,31,36)/t23-/m1/s1. The molecule has 0 radical (unpaired) electrons. The second kappa shape index (κ2) is 17.2. The zero-order valence-corrected chi connectivity index (χ0v) is 24.8. The van der Waals surface area contributed by atoms with Crippen molar-refractivity contribution < 1.29 is 29.1 Å². The van der Waals surface area contributed by atoms with Crippen LogP contribution in [0.5, 0.6) is 0 Å². The Morgan fingerprint density at radius 1 is 0.700 bits per heavy atom. The molecule has 5 amide bonds. The number of nitrogens with one attached hydrogen (secondary N) is 2. The number of nitrogens with zero attached hydrogens (tertiary/aromatic N) is 3. The first-order chi connectivity index (χ1) is 18.9. The summed E-state index contributed by atoms with van der Waals surface area (Å²) in [5, 5.41) is 15.0. The highest BCUT2D eigenvalue weighted by Crippen LogP contribution is 2.20. The van der Waals surface area contributed by atoms with Gasteiger partial charge in [0.25, 0.3) is 0 Å². The number of carbonyl (C=O) groups is 5. The average Bonchev–Trinajstić information content (AvgIpc) is 3.33. The molecule has 40 heavy (non-hydrogen) atoms. The van der Waals surface area contributed by atoms with Gasteiger partial charge in [0.2, 0.25) is 29.5 Å². The first-order valence-electron chi connectivity index (χ1n) is 15.0. The Morgan fingerprint density at radius 3 is 1.85 bits per heavy atom. The zero-order valence-electron chi connectivity index (χ0n) is 24.8. The highest BCUT2D eigenvalue weighted by atomic mass is 16.3. The Balaban J connectivity index is 1.40. The van der Waals surface area contributed by atoms with Crippen molar-refractivity contribution in [3.63, 3.8) is 0 Å². The highest BCUT2D eigenvalue weighted by Gasteiger charge is 2.27. The van der Waals surface area contributed by atoms with Gasteiger partial charge in [0.1, 0.15) is 6.42 Å². The molecule has 0 aromatic carbocycles. The smallest absolute Gasteiger partial charge is 0.242 e. The predicted molar refractivity (Wildman–Crippen MR) is 152 cm³/mol. The molecule has 11 nitrogen and oxygen atoms in total. The van der Waals surface area contributed by atoms with Gasteiger partial charge in [-0.25, -0.2) is 0 Å². The summed E-state index contributed by atoms with van der Waals surface area (Å²) in [6.07, 6.45) is 7.63. The lowest BCUT2D eigenvalue weighted by atomic mass is 9.91. The van der Waals surface area contributed by atoms with Crippen LogP contribution in [0.4, 0.5) is 0 Å². The molecule has 0 aromatic heterocycles. The number of unbranched alkanes of at least 4 members (excludes halogenated alkanes) is 6. The van der Waals surface area contributed by atoms with Crippen molar-refractivity contribution in [1.29, 1.82) is 0 Å². The lowest BCUT2D eigenvalue weighted by Gasteiger charge is -2.36. The molecule has 3 N–H and O–H groups in total. The number of likely N-dealkylation sites (tertiary alicyclic amines) is 1. The van der Waals surface area contributed by atoms with Gasteiger partial charge in [-0.15, -0.1) is 0 Å². The second-order valence-corrected chi connectivity index (χ2v) is 12.3. The number of hydrogen-bond acceptors (Lipinski definition) is 6. The summed E-state index contributed by atoms with van der Waals surface area (Å²) >= 11 is 0. The molecule has 2 fully saturated rings. The van der Waals surface area contributed by atoms with E-state index in [1.54, 1.807) is 14.7 Å². The van der Waals surface area contributed by atoms with Crippen LogP contribution in [0.3, 0.4) is 0 Å². The van der Waals surface area contributed by atoms with Crippen molar-refractivity contribution in [2.24, 2.45) is 5.41 Å². The van der Waals surface area contributed by atoms with Crippen LogP contribution in [0.2, 0.25) is 0 Å². The Kier molecular flexibility index (Phi) is 14.4. The number of aliphatic hydroxyl groups excluding tert-OH is 1. The van der Waals surface area contributed by atoms with Crippen LogP contribution in [0, 0.1) is 5.41 Å². The van der Waals surface area contributed by atoms with E-state index in [0.717, 1.165) is 44.9 Å². The van der Waals surface area contributed by atoms with Crippen LogP contribution in [0.1, 0.15) is 91.4 Å². The maximum Gasteiger partial charge on any atom is 0.242 e. The molecule has 0 aromatic rings. The predicted octanol–water partition coefficient (Wildman–Crippen LogP) is 1.43. The van der Waals surface area contributed by atoms with Gasteiger partial charge in [0.15, 0.2) is 0 Å². The number of rotatable bonds is 15. The van der Waals surface area contributed by atoms with Crippen molar-refractivity contribution in [3.05, 3.63) is 0 Å². The third-order valence-electron chi connectivity index (χ3n) is 7.33. The van der Waals surface area contributed by atoms with Gasteiger partial charge in [-0.1, -0.05) is 52.9 Å². The zero-order chi connectivity index (χ0) is 29.5. The fourth-order valence-electron chi connectivity index (χ4n) is 4.95. The molecule has 2 aliphatic heterocycles. The molecule has 2 aliphatic rings. The van der Waals surface area contributed by atoms with Gasteiger partial charge >= 0.3 is 0 Å². The number of amides is 5. The van der Waals surface area contributed by atoms with Crippen molar-refractivity contribution >= 4 is 29.5 Å². The lowest BCUT2D eigenvalue weighted by Crippen LogP contribution is -2.51. The van der Waals surface area contributed by atoms with Crippen LogP contribution >= 0.6 is 0 Å². The Morgan fingerprint density at radius 2 is 1.27 bits per heavy atom. The van der Waals surface area contributed by atoms with Gasteiger partial charge < -0.3 is 30.4 Å². The fraction of sp³-hybridized carbons (Fsp3) is 0.828. The molecule has 1 atom stereocenters. The maximum atomic E-state index is 12.5. The molecule has 2 saturated heterocycles. The summed E-state index contributed by atoms with van der Waals surface area (Å²) in [6.45, 7) is 9.51. The Labute approximate surface area is 239 Å². The average molecular weight is 566 g/mol. The van der Waals surface area contributed by atoms with Crippen molar-refractivity contribution in [3.8, 4) is 0 Å². The summed E-state index contributed by atoms with van der Waals surface area (Å²) in [7, 11) is 0. The van der Waals surface area contributed by atoms with Crippen LogP contribution in [0.15, 0.2) is 0 Å². The van der Waals surface area contributed by atoms with Crippen molar-refractivity contribution in [1.82, 2.24) is 25.3 Å². The molecular formula is C29H51N5O6. The molecule has 0 spiro atoms. The van der Waals surface area contributed by atoms with Crippen molar-refractivity contribution in [2.75, 3.05) is 52.4 Å². The minimum absolute atomic E-state index is 0.00668. The normalized spacial score (nSPS) is 17.6. The fourth-order valence-corrected chi connectivity index (χ4v) is 4.95. The minimum atomic E-state index is -0.454. The van der Waals surface area contributed by atoms with Gasteiger partial charge in [-0.2, -0.15) is 0 Å². The number of carbonyl (C=O) groups excluding carboxylic acids is 5. The highest BCUT2D eigenvalue weighted by molar-refractivity contribution is 5.97. The molecule has 2 heterocycles. The van der Waals surface area contributed by atoms with E-state index in [1.165, 1.54) is 0 Å². The van der Waals surface area contributed by atoms with E-state index in [-0.39, 0.29) is 47.9 Å². The van der Waals surface area contributed by atoms with E-state index >= 15 is 0 Å². The summed E-state index contributed by atoms with van der Waals surface area (Å²) in [5.74, 6) is -0.588. The SMILES string of the molecule is CC(C)(C)CC(=O)N1CCN(C(=O)CC(=O)NCCCCCCCCCC(=O)NCC(=O)N2CC[C@@H](O)C2)CC1. The molecule has 0 aliphatic carbocycles. The Bertz CT molecular complexity index is 850. The van der Waals surface area contributed by atoms with E-state index in [4.69, 9.17) is 0 Å². The number of β-amino-alcohol motifs (C(OH)–C–C–N with tert-alkyl or cyclic N) is 1. The van der Waals surface area contributed by atoms with E-state index in [2.05, 4.69) is 10.6 Å². The van der Waals surface area contributed by atoms with Gasteiger partial charge in [0, 0.05) is 58.7 Å².